The number of fused-ring (bicyclic) bond motifs is 1. The van der Waals surface area contributed by atoms with E-state index in [-0.39, 0.29) is 5.54 Å². The molecule has 3 aromatic rings. The molecule has 1 aliphatic heterocycles. The Labute approximate surface area is 139 Å². The predicted molar refractivity (Wildman–Crippen MR) is 87.5 cm³/mol. The molecule has 2 N–H and O–H groups in total. The lowest BCUT2D eigenvalue weighted by molar-refractivity contribution is -0.287. The molecule has 0 bridgehead atoms. The molecule has 120 valence electrons. The first kappa shape index (κ1) is 14.6. The fourth-order valence-electron chi connectivity index (χ4n) is 3.10. The van der Waals surface area contributed by atoms with E-state index >= 15 is 0 Å². The van der Waals surface area contributed by atoms with Crippen LogP contribution in [-0.2, 0) is 0 Å². The van der Waals surface area contributed by atoms with E-state index in [1.165, 1.54) is 0 Å². The van der Waals surface area contributed by atoms with E-state index in [1.807, 2.05) is 35.0 Å². The summed E-state index contributed by atoms with van der Waals surface area (Å²) in [6.45, 7) is 3.95. The summed E-state index contributed by atoms with van der Waals surface area (Å²) >= 11 is 5.41. The number of hydrogen-bond acceptors (Lipinski definition) is 4. The molecule has 1 aliphatic rings. The van der Waals surface area contributed by atoms with Crippen LogP contribution in [0.1, 0.15) is 19.8 Å². The fourth-order valence-corrected chi connectivity index (χ4v) is 3.35. The summed E-state index contributed by atoms with van der Waals surface area (Å²) in [5.41, 5.74) is 9.78. The number of anilines is 1. The first-order valence-electron chi connectivity index (χ1n) is 7.81. The van der Waals surface area contributed by atoms with Crippen molar-refractivity contribution in [3.05, 3.63) is 41.7 Å². The molecule has 0 spiro atoms. The van der Waals surface area contributed by atoms with E-state index in [1.54, 1.807) is 6.26 Å². The van der Waals surface area contributed by atoms with E-state index in [0.717, 1.165) is 53.6 Å². The normalized spacial score (nSPS) is 17.8. The minimum Gasteiger partial charge on any atom is -0.443 e. The van der Waals surface area contributed by atoms with Crippen LogP contribution in [0.4, 0.5) is 5.69 Å². The van der Waals surface area contributed by atoms with Crippen LogP contribution in [0.15, 0.2) is 41.1 Å². The van der Waals surface area contributed by atoms with Crippen molar-refractivity contribution in [3.8, 4) is 11.3 Å². The number of oxazole rings is 1. The molecule has 0 unspecified atom stereocenters. The van der Waals surface area contributed by atoms with Crippen LogP contribution in [-0.4, -0.2) is 28.2 Å². The summed E-state index contributed by atoms with van der Waals surface area (Å²) in [6.07, 6.45) is 5.53. The van der Waals surface area contributed by atoms with Crippen LogP contribution in [0.2, 0.25) is 5.02 Å². The van der Waals surface area contributed by atoms with Crippen molar-refractivity contribution >= 4 is 11.4 Å². The Hall–Kier alpha value is -1.98. The van der Waals surface area contributed by atoms with Gasteiger partial charge in [-0.25, -0.2) is 0 Å². The number of nitrogens with two attached hydrogens (primary N) is 1. The molecule has 0 atom stereocenters. The first-order valence-corrected chi connectivity index (χ1v) is 8.21. The minimum absolute atomic E-state index is 0.0711. The molecule has 1 fully saturated rings. The second-order valence-corrected chi connectivity index (χ2v) is 6.94. The van der Waals surface area contributed by atoms with Crippen molar-refractivity contribution in [2.75, 3.05) is 18.0 Å². The lowest BCUT2D eigenvalue weighted by Crippen LogP contribution is -2.48. The van der Waals surface area contributed by atoms with Crippen LogP contribution in [0.5, 0.6) is 0 Å². The van der Waals surface area contributed by atoms with Gasteiger partial charge in [-0.2, -0.15) is 9.61 Å². The third-order valence-electron chi connectivity index (χ3n) is 4.63. The highest BCUT2D eigenvalue weighted by atomic mass is 35.5. The van der Waals surface area contributed by atoms with Crippen molar-refractivity contribution in [2.45, 2.75) is 25.3 Å². The van der Waals surface area contributed by atoms with Crippen LogP contribution in [0, 0.1) is 11.6 Å². The Kier molecular flexibility index (Phi) is 3.36. The predicted octanol–water partition coefficient (Wildman–Crippen LogP) is 2.61. The maximum atomic E-state index is 6.22. The standard InChI is InChI=1S/C17H20ClN4O/c1-17(19)6-8-21(9-7-17)14-10-20-22-15(11-23-16(14)22)12-4-2-3-5-13(12)18/h2-5,10-11,18H,6-9,19H2,1H3/q+1. The van der Waals surface area contributed by atoms with E-state index in [9.17, 15) is 0 Å². The van der Waals surface area contributed by atoms with Crippen LogP contribution < -0.4 is 10.6 Å². The van der Waals surface area contributed by atoms with Crippen molar-refractivity contribution < 1.29 is 16.0 Å². The van der Waals surface area contributed by atoms with Gasteiger partial charge in [0.15, 0.2) is 11.6 Å². The van der Waals surface area contributed by atoms with Gasteiger partial charge in [0.2, 0.25) is 10.7 Å². The van der Waals surface area contributed by atoms with Crippen molar-refractivity contribution in [3.63, 3.8) is 0 Å². The molecule has 2 aromatic heterocycles. The summed E-state index contributed by atoms with van der Waals surface area (Å²) in [6, 6.07) is 7.83. The number of rotatable bonds is 2. The molecular weight excluding hydrogens is 312 g/mol. The molecule has 0 radical (unpaired) electrons. The Morgan fingerprint density at radius 3 is 2.74 bits per heavy atom. The molecule has 6 heteroatoms. The highest BCUT2D eigenvalue weighted by Gasteiger charge is 2.28. The molecular formula is C17H20ClN4O+. The monoisotopic (exact) mass is 331 g/mol. The van der Waals surface area contributed by atoms with Crippen molar-refractivity contribution in [1.82, 2.24) is 9.61 Å². The van der Waals surface area contributed by atoms with Gasteiger partial charge in [0.25, 0.3) is 0 Å². The molecule has 0 amide bonds. The zero-order chi connectivity index (χ0) is 16.0. The lowest BCUT2D eigenvalue weighted by Gasteiger charge is -2.37. The van der Waals surface area contributed by atoms with Gasteiger partial charge in [0.05, 0.1) is 11.8 Å². The molecule has 1 aromatic carbocycles. The molecule has 4 rings (SSSR count). The summed E-state index contributed by atoms with van der Waals surface area (Å²) in [5, 5.41) is 5.31. The van der Waals surface area contributed by atoms with Gasteiger partial charge in [-0.1, -0.05) is 12.1 Å². The Morgan fingerprint density at radius 2 is 2.00 bits per heavy atom. The fraction of sp³-hybridized carbons (Fsp3) is 0.353. The van der Waals surface area contributed by atoms with E-state index in [2.05, 4.69) is 16.9 Å². The molecule has 3 heterocycles. The first-order chi connectivity index (χ1) is 11.1. The Balaban J connectivity index is 1.71. The van der Waals surface area contributed by atoms with Gasteiger partial charge < -0.3 is 15.1 Å². The van der Waals surface area contributed by atoms with Gasteiger partial charge in [-0.15, -0.1) is 0 Å². The number of piperidine rings is 1. The van der Waals surface area contributed by atoms with Crippen LogP contribution >= 0.6 is 0 Å². The number of aromatic nitrogens is 2. The quantitative estimate of drug-likeness (QED) is 0.784. The molecule has 23 heavy (non-hydrogen) atoms. The smallest absolute Gasteiger partial charge is 0.246 e. The minimum atomic E-state index is -0.0711. The average Bonchev–Trinajstić information content (AvgIpc) is 3.10. The van der Waals surface area contributed by atoms with Gasteiger partial charge >= 0.3 is 0 Å². The van der Waals surface area contributed by atoms with Crippen molar-refractivity contribution in [1.29, 1.82) is 0 Å². The molecule has 0 saturated carbocycles. The second kappa shape index (κ2) is 5.28. The average molecular weight is 332 g/mol. The maximum absolute atomic E-state index is 6.22. The van der Waals surface area contributed by atoms with E-state index in [0.29, 0.717) is 0 Å². The lowest BCUT2D eigenvalue weighted by atomic mass is 9.91. The van der Waals surface area contributed by atoms with Gasteiger partial charge in [-0.05, 0) is 25.8 Å². The van der Waals surface area contributed by atoms with Crippen LogP contribution in [0.3, 0.4) is 0 Å². The third-order valence-corrected chi connectivity index (χ3v) is 4.98. The summed E-state index contributed by atoms with van der Waals surface area (Å²) in [7, 11) is 0. The van der Waals surface area contributed by atoms with E-state index in [4.69, 9.17) is 21.8 Å². The third kappa shape index (κ3) is 2.50. The highest BCUT2D eigenvalue weighted by molar-refractivity contribution is 5.72. The van der Waals surface area contributed by atoms with Gasteiger partial charge in [0.1, 0.15) is 17.6 Å². The number of nitrogens with zero attached hydrogens (tertiary/aromatic N) is 3. The molecule has 5 nitrogen and oxygen atoms in total. The van der Waals surface area contributed by atoms with Crippen molar-refractivity contribution in [2.24, 2.45) is 5.73 Å². The van der Waals surface area contributed by atoms with Crippen LogP contribution in [0.25, 0.3) is 17.0 Å². The largest absolute Gasteiger partial charge is 0.443 e. The molecule has 1 saturated heterocycles. The zero-order valence-electron chi connectivity index (χ0n) is 13.0. The second-order valence-electron chi connectivity index (χ2n) is 6.50. The Bertz CT molecular complexity index is 841. The number of halogens is 1. The topological polar surface area (TPSA) is 59.7 Å². The molecule has 0 aliphatic carbocycles. The maximum Gasteiger partial charge on any atom is 0.246 e. The zero-order valence-corrected chi connectivity index (χ0v) is 13.8. The summed E-state index contributed by atoms with van der Waals surface area (Å²) in [5.74, 6) is 0. The number of hydrogen-bond donors (Lipinski definition) is 1. The Morgan fingerprint density at radius 1 is 1.26 bits per heavy atom. The van der Waals surface area contributed by atoms with E-state index < -0.39 is 0 Å². The summed E-state index contributed by atoms with van der Waals surface area (Å²) in [4.78, 5) is 2.30. The highest BCUT2D eigenvalue weighted by Crippen LogP contribution is 2.32. The van der Waals surface area contributed by atoms with Gasteiger partial charge in [0, 0.05) is 24.7 Å². The van der Waals surface area contributed by atoms with Gasteiger partial charge in [-0.3, -0.25) is 0 Å². The number of benzene rings is 1. The SMILES string of the molecule is CC1(N)CCN(c2cnn3c(-c4ccccc4[ClH+])coc23)CC1. The summed E-state index contributed by atoms with van der Waals surface area (Å²) < 4.78 is 7.65.